The van der Waals surface area contributed by atoms with E-state index in [2.05, 4.69) is 10.4 Å². The predicted octanol–water partition coefficient (Wildman–Crippen LogP) is 2.44. The first-order valence-electron chi connectivity index (χ1n) is 10.8. The molecule has 1 aliphatic rings. The lowest BCUT2D eigenvalue weighted by Crippen LogP contribution is -2.41. The maximum absolute atomic E-state index is 12.9. The zero-order valence-electron chi connectivity index (χ0n) is 19.2. The van der Waals surface area contributed by atoms with Crippen molar-refractivity contribution in [2.45, 2.75) is 50.7 Å². The highest BCUT2D eigenvalue weighted by atomic mass is 32.2. The third kappa shape index (κ3) is 5.72. The fourth-order valence-electron chi connectivity index (χ4n) is 3.61. The van der Waals surface area contributed by atoms with Crippen molar-refractivity contribution in [2.24, 2.45) is 5.92 Å². The Labute approximate surface area is 193 Å². The van der Waals surface area contributed by atoms with Gasteiger partial charge in [0.2, 0.25) is 10.0 Å². The summed E-state index contributed by atoms with van der Waals surface area (Å²) in [5.41, 5.74) is 0. The highest BCUT2D eigenvalue weighted by Crippen LogP contribution is 2.26. The third-order valence-corrected chi connectivity index (χ3v) is 7.47. The first-order chi connectivity index (χ1) is 15.6. The molecule has 1 aromatic heterocycles. The Kier molecular flexibility index (Phi) is 7.75. The van der Waals surface area contributed by atoms with E-state index in [4.69, 9.17) is 9.47 Å². The maximum atomic E-state index is 12.9. The number of carbonyl (C=O) groups excluding carboxylic acids is 2. The van der Waals surface area contributed by atoms with Crippen molar-refractivity contribution >= 4 is 27.7 Å². The number of hydrogen-bond donors (Lipinski definition) is 1. The number of piperidine rings is 1. The molecule has 1 aromatic carbocycles. The van der Waals surface area contributed by atoms with Crippen LogP contribution in [0, 0.1) is 5.92 Å². The molecule has 1 amide bonds. The monoisotopic (exact) mass is 478 g/mol. The van der Waals surface area contributed by atoms with Gasteiger partial charge in [0, 0.05) is 25.2 Å². The Morgan fingerprint density at radius 1 is 1.09 bits per heavy atom. The summed E-state index contributed by atoms with van der Waals surface area (Å²) in [5, 5.41) is 6.88. The Balaban J connectivity index is 1.53. The standard InChI is InChI=1S/C22H30N4O6S/c1-15(2)26-20(9-12-23-26)24-21(27)16(3)32-22(28)17-10-13-25(14-11-17)33(29,30)19-7-5-18(31-4)6-8-19/h5-9,12,15-17H,10-11,13-14H2,1-4H3,(H,24,27)/t16-/m0/s1. The van der Waals surface area contributed by atoms with Gasteiger partial charge in [-0.05, 0) is 57.9 Å². The molecule has 2 aromatic rings. The van der Waals surface area contributed by atoms with Gasteiger partial charge in [0.25, 0.3) is 5.91 Å². The molecule has 10 nitrogen and oxygen atoms in total. The van der Waals surface area contributed by atoms with Crippen LogP contribution in [-0.4, -0.2) is 60.7 Å². The molecule has 0 aliphatic carbocycles. The van der Waals surface area contributed by atoms with Gasteiger partial charge in [-0.15, -0.1) is 0 Å². The first kappa shape index (κ1) is 24.7. The van der Waals surface area contributed by atoms with Crippen molar-refractivity contribution in [1.82, 2.24) is 14.1 Å². The summed E-state index contributed by atoms with van der Waals surface area (Å²) >= 11 is 0. The van der Waals surface area contributed by atoms with Gasteiger partial charge in [-0.25, -0.2) is 13.1 Å². The number of anilines is 1. The molecule has 1 saturated heterocycles. The summed E-state index contributed by atoms with van der Waals surface area (Å²) in [5.74, 6) is -0.331. The number of sulfonamides is 1. The molecule has 1 aliphatic heterocycles. The summed E-state index contributed by atoms with van der Waals surface area (Å²) in [4.78, 5) is 25.2. The molecule has 1 atom stereocenters. The van der Waals surface area contributed by atoms with Crippen molar-refractivity contribution in [1.29, 1.82) is 0 Å². The zero-order chi connectivity index (χ0) is 24.2. The summed E-state index contributed by atoms with van der Waals surface area (Å²) < 4.78 is 39.2. The van der Waals surface area contributed by atoms with Crippen LogP contribution in [-0.2, 0) is 24.3 Å². The maximum Gasteiger partial charge on any atom is 0.309 e. The average molecular weight is 479 g/mol. The molecule has 0 radical (unpaired) electrons. The second kappa shape index (κ2) is 10.3. The van der Waals surface area contributed by atoms with Gasteiger partial charge in [0.15, 0.2) is 6.10 Å². The molecule has 33 heavy (non-hydrogen) atoms. The lowest BCUT2D eigenvalue weighted by Gasteiger charge is -2.30. The first-order valence-corrected chi connectivity index (χ1v) is 12.3. The van der Waals surface area contributed by atoms with Crippen LogP contribution in [0.5, 0.6) is 5.75 Å². The molecule has 2 heterocycles. The van der Waals surface area contributed by atoms with Crippen LogP contribution in [0.4, 0.5) is 5.82 Å². The fourth-order valence-corrected chi connectivity index (χ4v) is 5.07. The number of ether oxygens (including phenoxy) is 2. The van der Waals surface area contributed by atoms with Gasteiger partial charge in [-0.2, -0.15) is 9.40 Å². The molecule has 11 heteroatoms. The number of amides is 1. The number of nitrogens with zero attached hydrogens (tertiary/aromatic N) is 3. The van der Waals surface area contributed by atoms with Crippen LogP contribution < -0.4 is 10.1 Å². The van der Waals surface area contributed by atoms with E-state index in [1.54, 1.807) is 29.1 Å². The highest BCUT2D eigenvalue weighted by molar-refractivity contribution is 7.89. The van der Waals surface area contributed by atoms with Crippen LogP contribution in [0.2, 0.25) is 0 Å². The van der Waals surface area contributed by atoms with Crippen molar-refractivity contribution in [3.05, 3.63) is 36.5 Å². The lowest BCUT2D eigenvalue weighted by atomic mass is 9.98. The summed E-state index contributed by atoms with van der Waals surface area (Å²) in [6.07, 6.45) is 1.24. The minimum absolute atomic E-state index is 0.0625. The predicted molar refractivity (Wildman–Crippen MR) is 121 cm³/mol. The lowest BCUT2D eigenvalue weighted by molar-refractivity contribution is -0.158. The van der Waals surface area contributed by atoms with E-state index in [1.807, 2.05) is 13.8 Å². The number of carbonyl (C=O) groups is 2. The number of benzene rings is 1. The van der Waals surface area contributed by atoms with Crippen molar-refractivity contribution in [2.75, 3.05) is 25.5 Å². The summed E-state index contributed by atoms with van der Waals surface area (Å²) in [6.45, 7) is 5.78. The van der Waals surface area contributed by atoms with Crippen LogP contribution in [0.1, 0.15) is 39.7 Å². The van der Waals surface area contributed by atoms with Crippen molar-refractivity contribution < 1.29 is 27.5 Å². The smallest absolute Gasteiger partial charge is 0.309 e. The number of esters is 1. The molecule has 0 unspecified atom stereocenters. The van der Waals surface area contributed by atoms with Gasteiger partial charge in [-0.1, -0.05) is 0 Å². The van der Waals surface area contributed by atoms with Gasteiger partial charge < -0.3 is 14.8 Å². The molecule has 0 spiro atoms. The van der Waals surface area contributed by atoms with Crippen LogP contribution >= 0.6 is 0 Å². The quantitative estimate of drug-likeness (QED) is 0.579. The fraction of sp³-hybridized carbons (Fsp3) is 0.500. The van der Waals surface area contributed by atoms with Gasteiger partial charge in [0.05, 0.1) is 24.1 Å². The van der Waals surface area contributed by atoms with Gasteiger partial charge >= 0.3 is 5.97 Å². The molecular formula is C22H30N4O6S. The minimum atomic E-state index is -3.66. The molecule has 180 valence electrons. The van der Waals surface area contributed by atoms with E-state index in [1.165, 1.54) is 30.5 Å². The molecule has 0 bridgehead atoms. The van der Waals surface area contributed by atoms with Crippen LogP contribution in [0.15, 0.2) is 41.4 Å². The minimum Gasteiger partial charge on any atom is -0.497 e. The van der Waals surface area contributed by atoms with E-state index in [-0.39, 0.29) is 24.0 Å². The molecule has 1 N–H and O–H groups in total. The summed E-state index contributed by atoms with van der Waals surface area (Å²) in [6, 6.07) is 7.92. The molecule has 3 rings (SSSR count). The topological polar surface area (TPSA) is 120 Å². The second-order valence-corrected chi connectivity index (χ2v) is 10.1. The van der Waals surface area contributed by atoms with Crippen LogP contribution in [0.25, 0.3) is 0 Å². The van der Waals surface area contributed by atoms with E-state index in [0.717, 1.165) is 0 Å². The normalized spacial score (nSPS) is 16.4. The Hall–Kier alpha value is -2.92. The Morgan fingerprint density at radius 3 is 2.30 bits per heavy atom. The van der Waals surface area contributed by atoms with E-state index in [0.29, 0.717) is 24.4 Å². The molecular weight excluding hydrogens is 448 g/mol. The molecule has 1 fully saturated rings. The largest absolute Gasteiger partial charge is 0.497 e. The van der Waals surface area contributed by atoms with E-state index < -0.39 is 33.9 Å². The second-order valence-electron chi connectivity index (χ2n) is 8.18. The van der Waals surface area contributed by atoms with E-state index >= 15 is 0 Å². The number of rotatable bonds is 8. The number of nitrogens with one attached hydrogen (secondary N) is 1. The number of aromatic nitrogens is 2. The highest BCUT2D eigenvalue weighted by Gasteiger charge is 2.34. The SMILES string of the molecule is COc1ccc(S(=O)(=O)N2CCC(C(=O)O[C@@H](C)C(=O)Nc3ccnn3C(C)C)CC2)cc1. The average Bonchev–Trinajstić information content (AvgIpc) is 3.27. The number of methoxy groups -OCH3 is 1. The molecule has 0 saturated carbocycles. The van der Waals surface area contributed by atoms with E-state index in [9.17, 15) is 18.0 Å². The van der Waals surface area contributed by atoms with Gasteiger partial charge in [0.1, 0.15) is 11.6 Å². The van der Waals surface area contributed by atoms with Crippen LogP contribution in [0.3, 0.4) is 0 Å². The summed E-state index contributed by atoms with van der Waals surface area (Å²) in [7, 11) is -2.15. The van der Waals surface area contributed by atoms with Crippen molar-refractivity contribution in [3.63, 3.8) is 0 Å². The van der Waals surface area contributed by atoms with Gasteiger partial charge in [-0.3, -0.25) is 9.59 Å². The van der Waals surface area contributed by atoms with Crippen molar-refractivity contribution in [3.8, 4) is 5.75 Å². The Bertz CT molecular complexity index is 1070. The Morgan fingerprint density at radius 2 is 1.73 bits per heavy atom. The number of hydrogen-bond acceptors (Lipinski definition) is 7. The zero-order valence-corrected chi connectivity index (χ0v) is 20.0. The third-order valence-electron chi connectivity index (χ3n) is 5.56.